The van der Waals surface area contributed by atoms with Crippen molar-refractivity contribution in [2.75, 3.05) is 0 Å². The van der Waals surface area contributed by atoms with Gasteiger partial charge in [-0.3, -0.25) is 0 Å². The minimum atomic E-state index is 0.591. The molecule has 106 valence electrons. The summed E-state index contributed by atoms with van der Waals surface area (Å²) >= 11 is 1.83. The van der Waals surface area contributed by atoms with Crippen LogP contribution in [-0.2, 0) is 6.54 Å². The largest absolute Gasteiger partial charge is 0.326 e. The molecule has 0 radical (unpaired) electrons. The number of aromatic nitrogens is 1. The van der Waals surface area contributed by atoms with Gasteiger partial charge >= 0.3 is 0 Å². The molecule has 2 nitrogen and oxygen atoms in total. The standard InChI is InChI=1S/C17H22N2S/c18-11-13-6-5-9-15(10-13)16-12-20-17(19-16)14-7-3-1-2-4-8-14/h5-6,9-10,12,14H,1-4,7-8,11,18H2. The van der Waals surface area contributed by atoms with E-state index in [0.717, 1.165) is 5.69 Å². The van der Waals surface area contributed by atoms with Crippen molar-refractivity contribution in [2.45, 2.75) is 51.0 Å². The van der Waals surface area contributed by atoms with Crippen LogP contribution in [0.3, 0.4) is 0 Å². The van der Waals surface area contributed by atoms with Crippen LogP contribution in [0, 0.1) is 0 Å². The molecule has 0 spiro atoms. The Kier molecular flexibility index (Phi) is 4.48. The third-order valence-corrected chi connectivity index (χ3v) is 5.19. The SMILES string of the molecule is NCc1cccc(-c2csc(C3CCCCCC3)n2)c1. The van der Waals surface area contributed by atoms with E-state index in [-0.39, 0.29) is 0 Å². The Balaban J connectivity index is 1.81. The van der Waals surface area contributed by atoms with Crippen LogP contribution >= 0.6 is 11.3 Å². The van der Waals surface area contributed by atoms with Crippen LogP contribution in [0.25, 0.3) is 11.3 Å². The second kappa shape index (κ2) is 6.51. The van der Waals surface area contributed by atoms with Gasteiger partial charge in [0.15, 0.2) is 0 Å². The van der Waals surface area contributed by atoms with Gasteiger partial charge in [0.1, 0.15) is 0 Å². The number of nitrogens with zero attached hydrogens (tertiary/aromatic N) is 1. The molecule has 2 aromatic rings. The van der Waals surface area contributed by atoms with Gasteiger partial charge < -0.3 is 5.73 Å². The lowest BCUT2D eigenvalue weighted by molar-refractivity contribution is 0.589. The van der Waals surface area contributed by atoms with E-state index in [2.05, 4.69) is 29.6 Å². The van der Waals surface area contributed by atoms with Crippen molar-refractivity contribution in [1.29, 1.82) is 0 Å². The summed E-state index contributed by atoms with van der Waals surface area (Å²) in [5, 5.41) is 3.54. The molecular formula is C17H22N2S. The highest BCUT2D eigenvalue weighted by Gasteiger charge is 2.18. The van der Waals surface area contributed by atoms with Crippen LogP contribution in [0.1, 0.15) is 55.0 Å². The van der Waals surface area contributed by atoms with E-state index in [1.165, 1.54) is 54.7 Å². The average molecular weight is 286 g/mol. The predicted octanol–water partition coefficient (Wildman–Crippen LogP) is 4.71. The minimum absolute atomic E-state index is 0.591. The maximum Gasteiger partial charge on any atom is 0.0963 e. The molecule has 0 aliphatic heterocycles. The second-order valence-electron chi connectivity index (χ2n) is 5.66. The second-order valence-corrected chi connectivity index (χ2v) is 6.55. The van der Waals surface area contributed by atoms with Gasteiger partial charge in [-0.15, -0.1) is 11.3 Å². The van der Waals surface area contributed by atoms with E-state index in [1.807, 2.05) is 11.3 Å². The van der Waals surface area contributed by atoms with Crippen molar-refractivity contribution in [3.63, 3.8) is 0 Å². The van der Waals surface area contributed by atoms with E-state index in [4.69, 9.17) is 10.7 Å². The number of thiazole rings is 1. The summed E-state index contributed by atoms with van der Waals surface area (Å²) in [5.41, 5.74) is 9.20. The first kappa shape index (κ1) is 13.8. The number of hydrogen-bond donors (Lipinski definition) is 1. The Bertz CT molecular complexity index is 554. The molecule has 1 aliphatic rings. The molecule has 1 aliphatic carbocycles. The van der Waals surface area contributed by atoms with Crippen molar-refractivity contribution in [2.24, 2.45) is 5.73 Å². The van der Waals surface area contributed by atoms with Crippen LogP contribution in [0.2, 0.25) is 0 Å². The van der Waals surface area contributed by atoms with E-state index < -0.39 is 0 Å². The van der Waals surface area contributed by atoms with Crippen LogP contribution in [0.4, 0.5) is 0 Å². The molecule has 1 aromatic heterocycles. The smallest absolute Gasteiger partial charge is 0.0963 e. The monoisotopic (exact) mass is 286 g/mol. The Labute approximate surface area is 125 Å². The van der Waals surface area contributed by atoms with Gasteiger partial charge in [0.25, 0.3) is 0 Å². The lowest BCUT2D eigenvalue weighted by atomic mass is 10.0. The third kappa shape index (κ3) is 3.10. The molecule has 0 saturated heterocycles. The zero-order valence-corrected chi connectivity index (χ0v) is 12.7. The van der Waals surface area contributed by atoms with Crippen molar-refractivity contribution in [3.05, 3.63) is 40.2 Å². The summed E-state index contributed by atoms with van der Waals surface area (Å²) in [6, 6.07) is 8.43. The first-order valence-electron chi connectivity index (χ1n) is 7.61. The average Bonchev–Trinajstić information content (AvgIpc) is 2.83. The molecule has 2 N–H and O–H groups in total. The summed E-state index contributed by atoms with van der Waals surface area (Å²) in [5.74, 6) is 0.689. The molecule has 0 amide bonds. The fourth-order valence-electron chi connectivity index (χ4n) is 2.99. The van der Waals surface area contributed by atoms with Crippen molar-refractivity contribution in [1.82, 2.24) is 4.98 Å². The van der Waals surface area contributed by atoms with Crippen LogP contribution in [-0.4, -0.2) is 4.98 Å². The van der Waals surface area contributed by atoms with Gasteiger partial charge in [0.2, 0.25) is 0 Å². The Morgan fingerprint density at radius 2 is 1.95 bits per heavy atom. The molecule has 0 atom stereocenters. The molecule has 1 fully saturated rings. The highest BCUT2D eigenvalue weighted by Crippen LogP contribution is 2.35. The fourth-order valence-corrected chi connectivity index (χ4v) is 3.99. The Morgan fingerprint density at radius 1 is 1.15 bits per heavy atom. The molecule has 0 bridgehead atoms. The maximum atomic E-state index is 5.72. The van der Waals surface area contributed by atoms with Gasteiger partial charge in [0, 0.05) is 23.4 Å². The molecule has 1 saturated carbocycles. The number of hydrogen-bond acceptors (Lipinski definition) is 3. The highest BCUT2D eigenvalue weighted by atomic mass is 32.1. The van der Waals surface area contributed by atoms with Crippen molar-refractivity contribution < 1.29 is 0 Å². The topological polar surface area (TPSA) is 38.9 Å². The van der Waals surface area contributed by atoms with E-state index in [9.17, 15) is 0 Å². The van der Waals surface area contributed by atoms with E-state index in [1.54, 1.807) is 0 Å². The normalized spacial score (nSPS) is 17.1. The van der Waals surface area contributed by atoms with Gasteiger partial charge in [0.05, 0.1) is 10.7 Å². The number of nitrogens with two attached hydrogens (primary N) is 1. The number of rotatable bonds is 3. The zero-order valence-electron chi connectivity index (χ0n) is 11.8. The predicted molar refractivity (Wildman–Crippen MR) is 85.9 cm³/mol. The summed E-state index contributed by atoms with van der Waals surface area (Å²) in [4.78, 5) is 4.90. The van der Waals surface area contributed by atoms with Crippen LogP contribution in [0.15, 0.2) is 29.6 Å². The first-order chi connectivity index (χ1) is 9.86. The quantitative estimate of drug-likeness (QED) is 0.830. The Hall–Kier alpha value is -1.19. The van der Waals surface area contributed by atoms with Gasteiger partial charge in [-0.25, -0.2) is 4.98 Å². The molecule has 3 rings (SSSR count). The molecular weight excluding hydrogens is 264 g/mol. The molecule has 1 heterocycles. The van der Waals surface area contributed by atoms with Crippen LogP contribution < -0.4 is 5.73 Å². The fraction of sp³-hybridized carbons (Fsp3) is 0.471. The van der Waals surface area contributed by atoms with Crippen molar-refractivity contribution >= 4 is 11.3 Å². The summed E-state index contributed by atoms with van der Waals surface area (Å²) in [7, 11) is 0. The summed E-state index contributed by atoms with van der Waals surface area (Å²) < 4.78 is 0. The van der Waals surface area contributed by atoms with E-state index >= 15 is 0 Å². The first-order valence-corrected chi connectivity index (χ1v) is 8.49. The third-order valence-electron chi connectivity index (χ3n) is 4.18. The van der Waals surface area contributed by atoms with Gasteiger partial charge in [-0.05, 0) is 24.5 Å². The lowest BCUT2D eigenvalue weighted by Crippen LogP contribution is -1.97. The molecule has 3 heteroatoms. The lowest BCUT2D eigenvalue weighted by Gasteiger charge is -2.09. The van der Waals surface area contributed by atoms with E-state index in [0.29, 0.717) is 12.5 Å². The van der Waals surface area contributed by atoms with Gasteiger partial charge in [-0.2, -0.15) is 0 Å². The molecule has 20 heavy (non-hydrogen) atoms. The molecule has 1 aromatic carbocycles. The zero-order chi connectivity index (χ0) is 13.8. The summed E-state index contributed by atoms with van der Waals surface area (Å²) in [6.45, 7) is 0.591. The summed E-state index contributed by atoms with van der Waals surface area (Å²) in [6.07, 6.45) is 8.15. The minimum Gasteiger partial charge on any atom is -0.326 e. The van der Waals surface area contributed by atoms with Gasteiger partial charge in [-0.1, -0.05) is 43.9 Å². The van der Waals surface area contributed by atoms with Crippen molar-refractivity contribution in [3.8, 4) is 11.3 Å². The number of benzene rings is 1. The Morgan fingerprint density at radius 3 is 2.70 bits per heavy atom. The maximum absolute atomic E-state index is 5.72. The highest BCUT2D eigenvalue weighted by molar-refractivity contribution is 7.10. The molecule has 0 unspecified atom stereocenters. The van der Waals surface area contributed by atoms with Crippen LogP contribution in [0.5, 0.6) is 0 Å².